The van der Waals surface area contributed by atoms with Gasteiger partial charge in [-0.2, -0.15) is 0 Å². The van der Waals surface area contributed by atoms with Crippen LogP contribution in [0.4, 0.5) is 5.69 Å². The van der Waals surface area contributed by atoms with Gasteiger partial charge in [0.2, 0.25) is 0 Å². The summed E-state index contributed by atoms with van der Waals surface area (Å²) >= 11 is 0. The summed E-state index contributed by atoms with van der Waals surface area (Å²) in [6.07, 6.45) is 5.04. The Bertz CT molecular complexity index is 885. The molecule has 1 saturated heterocycles. The highest BCUT2D eigenvalue weighted by Crippen LogP contribution is 2.28. The van der Waals surface area contributed by atoms with E-state index in [0.29, 0.717) is 6.54 Å². The number of hydrogen-bond acceptors (Lipinski definition) is 7. The zero-order valence-corrected chi connectivity index (χ0v) is 17.8. The van der Waals surface area contributed by atoms with Crippen LogP contribution in [-0.4, -0.2) is 58.4 Å². The van der Waals surface area contributed by atoms with Crippen LogP contribution in [0.25, 0.3) is 0 Å². The Morgan fingerprint density at radius 3 is 2.57 bits per heavy atom. The largest absolute Gasteiger partial charge is 0.497 e. The molecule has 1 atom stereocenters. The Morgan fingerprint density at radius 2 is 1.90 bits per heavy atom. The van der Waals surface area contributed by atoms with Crippen LogP contribution in [-0.2, 0) is 6.54 Å². The first-order chi connectivity index (χ1) is 14.8. The van der Waals surface area contributed by atoms with Crippen LogP contribution in [0, 0.1) is 0 Å². The van der Waals surface area contributed by atoms with Gasteiger partial charge in [0.1, 0.15) is 18.1 Å². The van der Waals surface area contributed by atoms with Gasteiger partial charge >= 0.3 is 0 Å². The molecule has 4 rings (SSSR count). The Labute approximate surface area is 177 Å². The fourth-order valence-corrected chi connectivity index (χ4v) is 4.07. The van der Waals surface area contributed by atoms with Crippen molar-refractivity contribution in [3.8, 4) is 5.75 Å². The lowest BCUT2D eigenvalue weighted by Crippen LogP contribution is -2.48. The molecule has 3 aromatic rings. The molecule has 1 unspecified atom stereocenters. The fourth-order valence-electron chi connectivity index (χ4n) is 4.07. The minimum absolute atomic E-state index is 0.216. The Kier molecular flexibility index (Phi) is 6.63. The summed E-state index contributed by atoms with van der Waals surface area (Å²) in [6.45, 7) is 6.71. The molecular formula is C22H30N6O2. The van der Waals surface area contributed by atoms with Gasteiger partial charge in [0.25, 0.3) is 0 Å². The number of methoxy groups -OCH3 is 1. The van der Waals surface area contributed by atoms with Crippen LogP contribution < -0.4 is 9.64 Å². The molecule has 0 bridgehead atoms. The lowest BCUT2D eigenvalue weighted by molar-refractivity contribution is 0.162. The van der Waals surface area contributed by atoms with E-state index in [2.05, 4.69) is 44.4 Å². The number of unbranched alkanes of at least 4 members (excludes halogenated alkanes) is 1. The first-order valence-electron chi connectivity index (χ1n) is 10.7. The lowest BCUT2D eigenvalue weighted by atomic mass is 10.1. The highest BCUT2D eigenvalue weighted by molar-refractivity contribution is 5.49. The van der Waals surface area contributed by atoms with Crippen molar-refractivity contribution in [1.29, 1.82) is 0 Å². The lowest BCUT2D eigenvalue weighted by Gasteiger charge is -2.39. The predicted octanol–water partition coefficient (Wildman–Crippen LogP) is 3.38. The monoisotopic (exact) mass is 410 g/mol. The molecule has 30 heavy (non-hydrogen) atoms. The SMILES string of the molecule is CCCCC(c1nnnn1Cc1ccco1)N1CCN(c2ccc(OC)cc2)CC1. The van der Waals surface area contributed by atoms with Crippen molar-refractivity contribution in [3.05, 3.63) is 54.2 Å². The van der Waals surface area contributed by atoms with Gasteiger partial charge in [-0.25, -0.2) is 4.68 Å². The second kappa shape index (κ2) is 9.75. The van der Waals surface area contributed by atoms with Gasteiger partial charge in [0.15, 0.2) is 5.82 Å². The van der Waals surface area contributed by atoms with Crippen molar-refractivity contribution in [2.45, 2.75) is 38.8 Å². The number of benzene rings is 1. The van der Waals surface area contributed by atoms with Gasteiger partial charge < -0.3 is 14.1 Å². The second-order valence-electron chi connectivity index (χ2n) is 7.65. The van der Waals surface area contributed by atoms with E-state index in [1.807, 2.05) is 28.9 Å². The standard InChI is InChI=1S/C22H30N6O2/c1-3-4-7-21(22-23-24-25-28(22)17-20-6-5-16-30-20)27-14-12-26(13-15-27)18-8-10-19(29-2)11-9-18/h5-6,8-11,16,21H,3-4,7,12-15,17H2,1-2H3. The van der Waals surface area contributed by atoms with Crippen LogP contribution in [0.15, 0.2) is 47.1 Å². The molecule has 0 saturated carbocycles. The van der Waals surface area contributed by atoms with E-state index in [1.54, 1.807) is 13.4 Å². The van der Waals surface area contributed by atoms with E-state index in [1.165, 1.54) is 5.69 Å². The highest BCUT2D eigenvalue weighted by atomic mass is 16.5. The van der Waals surface area contributed by atoms with Crippen molar-refractivity contribution in [2.24, 2.45) is 0 Å². The van der Waals surface area contributed by atoms with Gasteiger partial charge in [0.05, 0.1) is 19.4 Å². The fraction of sp³-hybridized carbons (Fsp3) is 0.500. The molecule has 0 N–H and O–H groups in total. The first-order valence-corrected chi connectivity index (χ1v) is 10.7. The third kappa shape index (κ3) is 4.64. The number of hydrogen-bond donors (Lipinski definition) is 0. The number of ether oxygens (including phenoxy) is 1. The van der Waals surface area contributed by atoms with Crippen molar-refractivity contribution in [1.82, 2.24) is 25.1 Å². The maximum atomic E-state index is 5.50. The third-order valence-electron chi connectivity index (χ3n) is 5.77. The summed E-state index contributed by atoms with van der Waals surface area (Å²) in [5.41, 5.74) is 1.24. The quantitative estimate of drug-likeness (QED) is 0.535. The zero-order valence-electron chi connectivity index (χ0n) is 17.8. The van der Waals surface area contributed by atoms with E-state index in [-0.39, 0.29) is 6.04 Å². The molecule has 1 aromatic carbocycles. The van der Waals surface area contributed by atoms with E-state index >= 15 is 0 Å². The first kappa shape index (κ1) is 20.4. The molecule has 0 aliphatic carbocycles. The summed E-state index contributed by atoms with van der Waals surface area (Å²) in [6, 6.07) is 12.4. The van der Waals surface area contributed by atoms with Crippen molar-refractivity contribution in [3.63, 3.8) is 0 Å². The van der Waals surface area contributed by atoms with Gasteiger partial charge in [-0.05, 0) is 53.2 Å². The average molecular weight is 411 g/mol. The number of furan rings is 1. The van der Waals surface area contributed by atoms with Crippen molar-refractivity contribution >= 4 is 5.69 Å². The number of piperazine rings is 1. The second-order valence-corrected chi connectivity index (χ2v) is 7.65. The molecule has 3 heterocycles. The third-order valence-corrected chi connectivity index (χ3v) is 5.77. The minimum atomic E-state index is 0.216. The number of tetrazole rings is 1. The minimum Gasteiger partial charge on any atom is -0.497 e. The molecule has 8 nitrogen and oxygen atoms in total. The van der Waals surface area contributed by atoms with Crippen LogP contribution in [0.5, 0.6) is 5.75 Å². The van der Waals surface area contributed by atoms with Crippen LogP contribution in [0.3, 0.4) is 0 Å². The van der Waals surface area contributed by atoms with E-state index in [0.717, 1.165) is 62.8 Å². The Hall–Kier alpha value is -2.87. The zero-order chi connectivity index (χ0) is 20.8. The van der Waals surface area contributed by atoms with Gasteiger partial charge in [-0.1, -0.05) is 19.8 Å². The summed E-state index contributed by atoms with van der Waals surface area (Å²) in [4.78, 5) is 4.96. The summed E-state index contributed by atoms with van der Waals surface area (Å²) in [5.74, 6) is 2.68. The summed E-state index contributed by atoms with van der Waals surface area (Å²) < 4.78 is 12.7. The van der Waals surface area contributed by atoms with Crippen molar-refractivity contribution in [2.75, 3.05) is 38.2 Å². The molecule has 1 fully saturated rings. The highest BCUT2D eigenvalue weighted by Gasteiger charge is 2.29. The molecule has 1 aliphatic rings. The molecule has 0 radical (unpaired) electrons. The predicted molar refractivity (Wildman–Crippen MR) is 115 cm³/mol. The molecule has 1 aliphatic heterocycles. The molecule has 0 spiro atoms. The molecule has 8 heteroatoms. The van der Waals surface area contributed by atoms with Crippen LogP contribution in [0.1, 0.15) is 43.8 Å². The van der Waals surface area contributed by atoms with E-state index in [4.69, 9.17) is 9.15 Å². The van der Waals surface area contributed by atoms with Crippen LogP contribution in [0.2, 0.25) is 0 Å². The molecule has 160 valence electrons. The normalized spacial score (nSPS) is 16.0. The van der Waals surface area contributed by atoms with Crippen molar-refractivity contribution < 1.29 is 9.15 Å². The van der Waals surface area contributed by atoms with Crippen LogP contribution >= 0.6 is 0 Å². The molecule has 0 amide bonds. The Balaban J connectivity index is 1.45. The average Bonchev–Trinajstić information content (AvgIpc) is 3.47. The number of rotatable bonds is 9. The maximum Gasteiger partial charge on any atom is 0.168 e. The van der Waals surface area contributed by atoms with E-state index < -0.39 is 0 Å². The number of aromatic nitrogens is 4. The smallest absolute Gasteiger partial charge is 0.168 e. The van der Waals surface area contributed by atoms with E-state index in [9.17, 15) is 0 Å². The molecular weight excluding hydrogens is 380 g/mol. The van der Waals surface area contributed by atoms with Gasteiger partial charge in [-0.3, -0.25) is 4.90 Å². The van der Waals surface area contributed by atoms with Gasteiger partial charge in [0, 0.05) is 31.9 Å². The molecule has 2 aromatic heterocycles. The maximum absolute atomic E-state index is 5.50. The summed E-state index contributed by atoms with van der Waals surface area (Å²) in [5, 5.41) is 12.6. The summed E-state index contributed by atoms with van der Waals surface area (Å²) in [7, 11) is 1.70. The number of nitrogens with zero attached hydrogens (tertiary/aromatic N) is 6. The Morgan fingerprint density at radius 1 is 1.10 bits per heavy atom. The number of anilines is 1. The topological polar surface area (TPSA) is 72.5 Å². The van der Waals surface area contributed by atoms with Gasteiger partial charge in [-0.15, -0.1) is 5.10 Å².